The quantitative estimate of drug-likeness (QED) is 0.744. The molecule has 1 unspecified atom stereocenters. The standard InChI is InChI=1S/C10H18N4O/c1-6(11)5-12-10(15)9-7(2)13-14(4)8(9)3/h6H,5,11H2,1-4H3,(H,12,15). The smallest absolute Gasteiger partial charge is 0.255 e. The van der Waals surface area contributed by atoms with Crippen LogP contribution in [-0.4, -0.2) is 28.3 Å². The maximum absolute atomic E-state index is 11.8. The van der Waals surface area contributed by atoms with Gasteiger partial charge in [-0.3, -0.25) is 9.48 Å². The zero-order chi connectivity index (χ0) is 11.6. The number of rotatable bonds is 3. The maximum Gasteiger partial charge on any atom is 0.255 e. The highest BCUT2D eigenvalue weighted by atomic mass is 16.1. The van der Waals surface area contributed by atoms with Gasteiger partial charge in [-0.15, -0.1) is 0 Å². The Morgan fingerprint density at radius 2 is 2.20 bits per heavy atom. The summed E-state index contributed by atoms with van der Waals surface area (Å²) in [6, 6.07) is -0.0359. The summed E-state index contributed by atoms with van der Waals surface area (Å²) in [5, 5.41) is 6.96. The summed E-state index contributed by atoms with van der Waals surface area (Å²) in [7, 11) is 1.82. The van der Waals surface area contributed by atoms with Crippen LogP contribution in [0.25, 0.3) is 0 Å². The van der Waals surface area contributed by atoms with Crippen molar-refractivity contribution in [3.05, 3.63) is 17.0 Å². The second-order valence-electron chi connectivity index (χ2n) is 3.86. The minimum Gasteiger partial charge on any atom is -0.350 e. The van der Waals surface area contributed by atoms with Crippen LogP contribution in [0.2, 0.25) is 0 Å². The molecule has 0 saturated heterocycles. The molecular weight excluding hydrogens is 192 g/mol. The number of nitrogens with two attached hydrogens (primary N) is 1. The minimum atomic E-state index is -0.101. The second kappa shape index (κ2) is 4.44. The molecule has 0 aliphatic carbocycles. The van der Waals surface area contributed by atoms with Gasteiger partial charge >= 0.3 is 0 Å². The first-order valence-electron chi connectivity index (χ1n) is 4.97. The van der Waals surface area contributed by atoms with Crippen LogP contribution in [-0.2, 0) is 7.05 Å². The predicted molar refractivity (Wildman–Crippen MR) is 58.7 cm³/mol. The number of nitrogens with one attached hydrogen (secondary N) is 1. The van der Waals surface area contributed by atoms with E-state index in [1.165, 1.54) is 0 Å². The molecule has 0 fully saturated rings. The molecule has 0 aliphatic heterocycles. The van der Waals surface area contributed by atoms with Gasteiger partial charge < -0.3 is 11.1 Å². The number of hydrogen-bond acceptors (Lipinski definition) is 3. The summed E-state index contributed by atoms with van der Waals surface area (Å²) in [5.41, 5.74) is 7.83. The lowest BCUT2D eigenvalue weighted by molar-refractivity contribution is 0.0950. The van der Waals surface area contributed by atoms with E-state index in [9.17, 15) is 4.79 Å². The van der Waals surface area contributed by atoms with Crippen molar-refractivity contribution >= 4 is 5.91 Å². The second-order valence-corrected chi connectivity index (χ2v) is 3.86. The molecule has 0 bridgehead atoms. The van der Waals surface area contributed by atoms with Gasteiger partial charge in [0.15, 0.2) is 0 Å². The van der Waals surface area contributed by atoms with Crippen molar-refractivity contribution in [3.63, 3.8) is 0 Å². The predicted octanol–water partition coefficient (Wildman–Crippen LogP) is 0.114. The van der Waals surface area contributed by atoms with Crippen LogP contribution in [0.1, 0.15) is 28.7 Å². The zero-order valence-corrected chi connectivity index (χ0v) is 9.66. The molecule has 84 valence electrons. The Kier molecular flexibility index (Phi) is 3.47. The molecule has 5 heteroatoms. The SMILES string of the molecule is Cc1nn(C)c(C)c1C(=O)NCC(C)N. The Hall–Kier alpha value is -1.36. The van der Waals surface area contributed by atoms with Crippen molar-refractivity contribution in [1.29, 1.82) is 0 Å². The van der Waals surface area contributed by atoms with Gasteiger partial charge in [0, 0.05) is 25.3 Å². The van der Waals surface area contributed by atoms with Crippen LogP contribution in [0.5, 0.6) is 0 Å². The van der Waals surface area contributed by atoms with Gasteiger partial charge in [0.2, 0.25) is 0 Å². The average molecular weight is 210 g/mol. The molecule has 0 aliphatic rings. The largest absolute Gasteiger partial charge is 0.350 e. The summed E-state index contributed by atoms with van der Waals surface area (Å²) < 4.78 is 1.70. The van der Waals surface area contributed by atoms with Crippen molar-refractivity contribution in [1.82, 2.24) is 15.1 Å². The van der Waals surface area contributed by atoms with Crippen LogP contribution in [0.15, 0.2) is 0 Å². The molecule has 1 amide bonds. The molecule has 1 aromatic rings. The molecule has 15 heavy (non-hydrogen) atoms. The molecule has 1 heterocycles. The summed E-state index contributed by atoms with van der Waals surface area (Å²) in [6.07, 6.45) is 0. The van der Waals surface area contributed by atoms with Gasteiger partial charge in [-0.25, -0.2) is 0 Å². The van der Waals surface area contributed by atoms with Crippen molar-refractivity contribution in [2.45, 2.75) is 26.8 Å². The molecule has 1 atom stereocenters. The third kappa shape index (κ3) is 2.56. The highest BCUT2D eigenvalue weighted by Gasteiger charge is 2.16. The van der Waals surface area contributed by atoms with Gasteiger partial charge in [-0.2, -0.15) is 5.10 Å². The molecule has 0 radical (unpaired) electrons. The highest BCUT2D eigenvalue weighted by molar-refractivity contribution is 5.96. The van der Waals surface area contributed by atoms with Gasteiger partial charge in [0.25, 0.3) is 5.91 Å². The topological polar surface area (TPSA) is 72.9 Å². The Labute approximate surface area is 89.6 Å². The molecule has 0 aromatic carbocycles. The van der Waals surface area contributed by atoms with Crippen LogP contribution >= 0.6 is 0 Å². The van der Waals surface area contributed by atoms with Gasteiger partial charge in [-0.05, 0) is 20.8 Å². The Balaban J connectivity index is 2.82. The fourth-order valence-electron chi connectivity index (χ4n) is 1.44. The van der Waals surface area contributed by atoms with Crippen LogP contribution in [0, 0.1) is 13.8 Å². The first-order chi connectivity index (χ1) is 6.93. The van der Waals surface area contributed by atoms with Crippen molar-refractivity contribution in [2.24, 2.45) is 12.8 Å². The molecule has 0 spiro atoms. The minimum absolute atomic E-state index is 0.0359. The molecule has 0 saturated carbocycles. The third-order valence-corrected chi connectivity index (χ3v) is 2.32. The normalized spacial score (nSPS) is 12.6. The number of aromatic nitrogens is 2. The van der Waals surface area contributed by atoms with Crippen molar-refractivity contribution in [2.75, 3.05) is 6.54 Å². The van der Waals surface area contributed by atoms with E-state index in [1.54, 1.807) is 4.68 Å². The monoisotopic (exact) mass is 210 g/mol. The van der Waals surface area contributed by atoms with E-state index >= 15 is 0 Å². The van der Waals surface area contributed by atoms with Crippen LogP contribution in [0.4, 0.5) is 0 Å². The molecule has 5 nitrogen and oxygen atoms in total. The van der Waals surface area contributed by atoms with E-state index in [0.717, 1.165) is 11.4 Å². The Morgan fingerprint density at radius 3 is 2.60 bits per heavy atom. The van der Waals surface area contributed by atoms with E-state index in [-0.39, 0.29) is 11.9 Å². The number of nitrogens with zero attached hydrogens (tertiary/aromatic N) is 2. The summed E-state index contributed by atoms with van der Waals surface area (Å²) in [5.74, 6) is -0.101. The van der Waals surface area contributed by atoms with E-state index in [1.807, 2.05) is 27.8 Å². The van der Waals surface area contributed by atoms with Crippen LogP contribution < -0.4 is 11.1 Å². The average Bonchev–Trinajstić information content (AvgIpc) is 2.37. The van der Waals surface area contributed by atoms with Gasteiger partial charge in [0.1, 0.15) is 0 Å². The van der Waals surface area contributed by atoms with Crippen molar-refractivity contribution < 1.29 is 4.79 Å². The third-order valence-electron chi connectivity index (χ3n) is 2.32. The first kappa shape index (κ1) is 11.7. The lowest BCUT2D eigenvalue weighted by Gasteiger charge is -2.07. The van der Waals surface area contributed by atoms with E-state index < -0.39 is 0 Å². The fourth-order valence-corrected chi connectivity index (χ4v) is 1.44. The Bertz CT molecular complexity index is 368. The maximum atomic E-state index is 11.8. The van der Waals surface area contributed by atoms with Crippen LogP contribution in [0.3, 0.4) is 0 Å². The molecule has 3 N–H and O–H groups in total. The van der Waals surface area contributed by atoms with Gasteiger partial charge in [-0.1, -0.05) is 0 Å². The number of carbonyl (C=O) groups is 1. The van der Waals surface area contributed by atoms with Crippen molar-refractivity contribution in [3.8, 4) is 0 Å². The number of aryl methyl sites for hydroxylation is 2. The molecular formula is C10H18N4O. The first-order valence-corrected chi connectivity index (χ1v) is 4.97. The highest BCUT2D eigenvalue weighted by Crippen LogP contribution is 2.11. The van der Waals surface area contributed by atoms with Gasteiger partial charge in [0.05, 0.1) is 11.3 Å². The number of hydrogen-bond donors (Lipinski definition) is 2. The summed E-state index contributed by atoms with van der Waals surface area (Å²) in [4.78, 5) is 11.8. The summed E-state index contributed by atoms with van der Waals surface area (Å²) in [6.45, 7) is 6.03. The van der Waals surface area contributed by atoms with E-state index in [2.05, 4.69) is 10.4 Å². The zero-order valence-electron chi connectivity index (χ0n) is 9.66. The summed E-state index contributed by atoms with van der Waals surface area (Å²) >= 11 is 0. The molecule has 1 aromatic heterocycles. The number of carbonyl (C=O) groups excluding carboxylic acids is 1. The van der Waals surface area contributed by atoms with E-state index in [4.69, 9.17) is 5.73 Å². The van der Waals surface area contributed by atoms with E-state index in [0.29, 0.717) is 12.1 Å². The lowest BCUT2D eigenvalue weighted by Crippen LogP contribution is -2.35. The fraction of sp³-hybridized carbons (Fsp3) is 0.600. The molecule has 1 rings (SSSR count). The lowest BCUT2D eigenvalue weighted by atomic mass is 10.2. The number of amides is 1. The Morgan fingerprint density at radius 1 is 1.60 bits per heavy atom.